The molecule has 1 aromatic heterocycles. The highest BCUT2D eigenvalue weighted by molar-refractivity contribution is 9.08. The van der Waals surface area contributed by atoms with Gasteiger partial charge in [0.15, 0.2) is 0 Å². The highest BCUT2D eigenvalue weighted by atomic mass is 79.9. The third kappa shape index (κ3) is 3.36. The van der Waals surface area contributed by atoms with E-state index < -0.39 is 11.7 Å². The van der Waals surface area contributed by atoms with Crippen molar-refractivity contribution in [3.05, 3.63) is 45.5 Å². The van der Waals surface area contributed by atoms with Gasteiger partial charge in [-0.3, -0.25) is 0 Å². The van der Waals surface area contributed by atoms with Crippen LogP contribution >= 0.6 is 27.3 Å². The number of halogens is 4. The minimum Gasteiger partial charge on any atom is -0.241 e. The first kappa shape index (κ1) is 14.5. The molecular weight excluding hydrogens is 339 g/mol. The van der Waals surface area contributed by atoms with Crippen molar-refractivity contribution in [2.75, 3.05) is 0 Å². The first-order valence-electron chi connectivity index (χ1n) is 5.59. The van der Waals surface area contributed by atoms with E-state index in [9.17, 15) is 13.2 Å². The van der Waals surface area contributed by atoms with Crippen LogP contribution in [0, 0.1) is 6.92 Å². The molecule has 1 aliphatic rings. The van der Waals surface area contributed by atoms with Crippen LogP contribution in [0.2, 0.25) is 0 Å². The summed E-state index contributed by atoms with van der Waals surface area (Å²) in [5, 5.41) is 1.46. The van der Waals surface area contributed by atoms with E-state index in [2.05, 4.69) is 20.9 Å². The Kier molecular flexibility index (Phi) is 4.30. The fraction of sp³-hybridized carbons (Fsp3) is 0.308. The van der Waals surface area contributed by atoms with Crippen molar-refractivity contribution in [1.29, 1.82) is 0 Å². The summed E-state index contributed by atoms with van der Waals surface area (Å²) in [6.07, 6.45) is 1.49. The lowest BCUT2D eigenvalue weighted by molar-refractivity contribution is -0.0928. The van der Waals surface area contributed by atoms with Gasteiger partial charge >= 0.3 is 6.18 Å². The van der Waals surface area contributed by atoms with E-state index in [0.717, 1.165) is 27.2 Å². The lowest BCUT2D eigenvalue weighted by atomic mass is 10.2. The van der Waals surface area contributed by atoms with Gasteiger partial charge in [0.05, 0.1) is 5.69 Å². The number of aromatic nitrogens is 1. The van der Waals surface area contributed by atoms with Crippen LogP contribution in [0.25, 0.3) is 5.57 Å². The molecule has 0 saturated heterocycles. The van der Waals surface area contributed by atoms with Crippen molar-refractivity contribution in [1.82, 2.24) is 4.98 Å². The normalized spacial score (nSPS) is 16.1. The van der Waals surface area contributed by atoms with Crippen molar-refractivity contribution in [3.8, 4) is 0 Å². The Balaban J connectivity index is 2.35. The van der Waals surface area contributed by atoms with Crippen LogP contribution in [-0.2, 0) is 5.33 Å². The maximum atomic E-state index is 12.6. The van der Waals surface area contributed by atoms with E-state index in [1.165, 1.54) is 23.5 Å². The number of hydrogen-bond acceptors (Lipinski definition) is 2. The van der Waals surface area contributed by atoms with E-state index in [-0.39, 0.29) is 6.42 Å². The number of nitrogens with zero attached hydrogens (tertiary/aromatic N) is 1. The monoisotopic (exact) mass is 349 g/mol. The number of aryl methyl sites for hydroxylation is 1. The van der Waals surface area contributed by atoms with E-state index in [0.29, 0.717) is 5.33 Å². The van der Waals surface area contributed by atoms with Crippen molar-refractivity contribution in [2.45, 2.75) is 24.9 Å². The van der Waals surface area contributed by atoms with Crippen molar-refractivity contribution in [3.63, 3.8) is 0 Å². The molecule has 0 bridgehead atoms. The molecule has 0 aromatic carbocycles. The smallest absolute Gasteiger partial charge is 0.241 e. The number of hydrogen-bond donors (Lipinski definition) is 0. The van der Waals surface area contributed by atoms with E-state index in [1.54, 1.807) is 6.08 Å². The van der Waals surface area contributed by atoms with Crippen molar-refractivity contribution < 1.29 is 13.2 Å². The molecule has 0 atom stereocenters. The largest absolute Gasteiger partial charge is 0.412 e. The van der Waals surface area contributed by atoms with Gasteiger partial charge in [-0.25, -0.2) is 4.98 Å². The average molecular weight is 350 g/mol. The topological polar surface area (TPSA) is 12.9 Å². The number of rotatable bonds is 2. The molecule has 1 heterocycles. The fourth-order valence-corrected chi connectivity index (χ4v) is 3.32. The molecule has 19 heavy (non-hydrogen) atoms. The SMILES string of the molecule is Cc1nc(C2=CC=C(C(F)(F)F)CC=C2)sc1CBr. The van der Waals surface area contributed by atoms with Crippen LogP contribution in [0.5, 0.6) is 0 Å². The summed E-state index contributed by atoms with van der Waals surface area (Å²) in [6.45, 7) is 1.90. The second-order valence-corrected chi connectivity index (χ2v) is 5.72. The highest BCUT2D eigenvalue weighted by Crippen LogP contribution is 2.33. The van der Waals surface area contributed by atoms with Crippen molar-refractivity contribution >= 4 is 32.8 Å². The quantitative estimate of drug-likeness (QED) is 0.670. The predicted molar refractivity (Wildman–Crippen MR) is 75.4 cm³/mol. The minimum absolute atomic E-state index is 0.0981. The Morgan fingerprint density at radius 3 is 2.68 bits per heavy atom. The average Bonchev–Trinajstić information content (AvgIpc) is 2.57. The van der Waals surface area contributed by atoms with Gasteiger partial charge in [-0.2, -0.15) is 13.2 Å². The zero-order chi connectivity index (χ0) is 14.0. The van der Waals surface area contributed by atoms with Gasteiger partial charge in [0.2, 0.25) is 0 Å². The summed E-state index contributed by atoms with van der Waals surface area (Å²) in [7, 11) is 0. The molecule has 2 rings (SSSR count). The number of allylic oxidation sites excluding steroid dienone is 6. The lowest BCUT2D eigenvalue weighted by Gasteiger charge is -2.07. The summed E-state index contributed by atoms with van der Waals surface area (Å²) in [5.41, 5.74) is 1.10. The first-order valence-corrected chi connectivity index (χ1v) is 7.53. The third-order valence-corrected chi connectivity index (χ3v) is 4.86. The Bertz CT molecular complexity index is 567. The molecule has 0 amide bonds. The molecule has 0 spiro atoms. The van der Waals surface area contributed by atoms with Gasteiger partial charge in [-0.15, -0.1) is 11.3 Å². The molecule has 0 unspecified atom stereocenters. The molecule has 6 heteroatoms. The van der Waals surface area contributed by atoms with Crippen LogP contribution in [-0.4, -0.2) is 11.2 Å². The van der Waals surface area contributed by atoms with Crippen LogP contribution in [0.15, 0.2) is 29.9 Å². The van der Waals surface area contributed by atoms with Crippen LogP contribution < -0.4 is 0 Å². The summed E-state index contributed by atoms with van der Waals surface area (Å²) in [6, 6.07) is 0. The lowest BCUT2D eigenvalue weighted by Crippen LogP contribution is -2.10. The standard InChI is InChI=1S/C13H11BrF3NS/c1-8-11(7-14)19-12(18-8)9-3-2-4-10(6-5-9)13(15,16)17/h2-3,5-6H,4,7H2,1H3. The third-order valence-electron chi connectivity index (χ3n) is 2.72. The first-order chi connectivity index (χ1) is 8.91. The highest BCUT2D eigenvalue weighted by Gasteiger charge is 2.32. The molecule has 1 nitrogen and oxygen atoms in total. The van der Waals surface area contributed by atoms with Gasteiger partial charge in [-0.05, 0) is 13.3 Å². The molecular formula is C13H11BrF3NS. The molecule has 0 N–H and O–H groups in total. The zero-order valence-corrected chi connectivity index (χ0v) is 12.5. The maximum absolute atomic E-state index is 12.6. The summed E-state index contributed by atoms with van der Waals surface area (Å²) >= 11 is 4.86. The Labute approximate surface area is 121 Å². The molecule has 0 fully saturated rings. The molecule has 1 aliphatic carbocycles. The zero-order valence-electron chi connectivity index (χ0n) is 10.1. The van der Waals surface area contributed by atoms with Crippen LogP contribution in [0.1, 0.15) is 22.0 Å². The van der Waals surface area contributed by atoms with Gasteiger partial charge in [-0.1, -0.05) is 40.2 Å². The van der Waals surface area contributed by atoms with Gasteiger partial charge in [0.25, 0.3) is 0 Å². The predicted octanol–water partition coefficient (Wildman–Crippen LogP) is 5.18. The maximum Gasteiger partial charge on any atom is 0.412 e. The van der Waals surface area contributed by atoms with Gasteiger partial charge in [0.1, 0.15) is 5.01 Å². The Morgan fingerprint density at radius 1 is 1.37 bits per heavy atom. The Hall–Kier alpha value is -0.880. The van der Waals surface area contributed by atoms with Crippen LogP contribution in [0.3, 0.4) is 0 Å². The molecule has 102 valence electrons. The van der Waals surface area contributed by atoms with Crippen LogP contribution in [0.4, 0.5) is 13.2 Å². The number of thiazole rings is 1. The number of alkyl halides is 4. The van der Waals surface area contributed by atoms with E-state index in [1.807, 2.05) is 6.92 Å². The summed E-state index contributed by atoms with van der Waals surface area (Å²) < 4.78 is 37.9. The Morgan fingerprint density at radius 2 is 2.11 bits per heavy atom. The van der Waals surface area contributed by atoms with Gasteiger partial charge < -0.3 is 0 Å². The minimum atomic E-state index is -4.27. The molecule has 1 aromatic rings. The summed E-state index contributed by atoms with van der Waals surface area (Å²) in [5.74, 6) is 0. The molecule has 0 radical (unpaired) electrons. The van der Waals surface area contributed by atoms with E-state index >= 15 is 0 Å². The fourth-order valence-electron chi connectivity index (χ4n) is 1.66. The van der Waals surface area contributed by atoms with E-state index in [4.69, 9.17) is 0 Å². The second-order valence-electron chi connectivity index (χ2n) is 4.08. The summed E-state index contributed by atoms with van der Waals surface area (Å²) in [4.78, 5) is 5.48. The van der Waals surface area contributed by atoms with Crippen molar-refractivity contribution in [2.24, 2.45) is 0 Å². The van der Waals surface area contributed by atoms with Gasteiger partial charge in [0, 0.05) is 21.4 Å². The molecule has 0 saturated carbocycles. The molecule has 0 aliphatic heterocycles. The second kappa shape index (κ2) is 5.63.